The van der Waals surface area contributed by atoms with Gasteiger partial charge in [-0.05, 0) is 35.0 Å². The Labute approximate surface area is 84.9 Å². The van der Waals surface area contributed by atoms with Crippen molar-refractivity contribution in [1.82, 2.24) is 0 Å². The molecule has 0 amide bonds. The maximum absolute atomic E-state index is 10.7. The normalized spacial score (nSPS) is 14.6. The lowest BCUT2D eigenvalue weighted by molar-refractivity contribution is -0.138. The highest BCUT2D eigenvalue weighted by Crippen LogP contribution is 2.20. The third kappa shape index (κ3) is 2.73. The Balaban J connectivity index is 2.75. The fourth-order valence-electron chi connectivity index (χ4n) is 0.846. The lowest BCUT2D eigenvalue weighted by atomic mass is 10.2. The summed E-state index contributed by atoms with van der Waals surface area (Å²) in [6, 6.07) is 9.17. The molecule has 0 aromatic heterocycles. The molecule has 70 valence electrons. The second-order valence-electron chi connectivity index (χ2n) is 2.80. The molecule has 0 fully saturated rings. The molecule has 0 spiro atoms. The van der Waals surface area contributed by atoms with Crippen molar-refractivity contribution in [2.75, 3.05) is 5.32 Å². The summed E-state index contributed by atoms with van der Waals surface area (Å²) < 4.78 is -1.12. The van der Waals surface area contributed by atoms with E-state index >= 15 is 0 Å². The second kappa shape index (κ2) is 3.79. The highest BCUT2D eigenvalue weighted by Gasteiger charge is 2.28. The molecule has 2 N–H and O–H groups in total. The highest BCUT2D eigenvalue weighted by atomic mass is 79.9. The zero-order valence-electron chi connectivity index (χ0n) is 7.12. The lowest BCUT2D eigenvalue weighted by Crippen LogP contribution is -2.36. The average Bonchev–Trinajstić information content (AvgIpc) is 2.05. The van der Waals surface area contributed by atoms with Gasteiger partial charge in [-0.3, -0.25) is 0 Å². The summed E-state index contributed by atoms with van der Waals surface area (Å²) >= 11 is 3.07. The Morgan fingerprint density at radius 3 is 2.46 bits per heavy atom. The van der Waals surface area contributed by atoms with Crippen LogP contribution in [-0.4, -0.2) is 15.5 Å². The van der Waals surface area contributed by atoms with Crippen molar-refractivity contribution in [3.63, 3.8) is 0 Å². The minimum Gasteiger partial charge on any atom is -0.479 e. The summed E-state index contributed by atoms with van der Waals surface area (Å²) in [7, 11) is 0. The molecule has 0 aliphatic rings. The number of rotatable bonds is 3. The Kier molecular flexibility index (Phi) is 2.93. The van der Waals surface area contributed by atoms with E-state index in [-0.39, 0.29) is 0 Å². The monoisotopic (exact) mass is 243 g/mol. The standard InChI is InChI=1S/C9H10BrNO2/c1-9(10,8(12)13)11-7-5-3-2-4-6-7/h2-6,11H,1H3,(H,12,13)/t9-/m0/s1. The number of carboxylic acid groups (broad SMARTS) is 1. The summed E-state index contributed by atoms with van der Waals surface area (Å²) in [4.78, 5) is 10.7. The zero-order valence-corrected chi connectivity index (χ0v) is 8.71. The first-order chi connectivity index (χ1) is 6.02. The first-order valence-electron chi connectivity index (χ1n) is 3.78. The fourth-order valence-corrected chi connectivity index (χ4v) is 1.07. The van der Waals surface area contributed by atoms with Crippen molar-refractivity contribution in [3.05, 3.63) is 30.3 Å². The molecule has 1 rings (SSSR count). The van der Waals surface area contributed by atoms with Gasteiger partial charge >= 0.3 is 5.97 Å². The van der Waals surface area contributed by atoms with Gasteiger partial charge in [0.25, 0.3) is 0 Å². The predicted molar refractivity (Wildman–Crippen MR) is 55.0 cm³/mol. The number of carboxylic acids is 1. The van der Waals surface area contributed by atoms with Crippen molar-refractivity contribution < 1.29 is 9.90 Å². The van der Waals surface area contributed by atoms with E-state index in [9.17, 15) is 4.79 Å². The maximum Gasteiger partial charge on any atom is 0.340 e. The van der Waals surface area contributed by atoms with Gasteiger partial charge in [-0.1, -0.05) is 18.2 Å². The molecule has 0 bridgehead atoms. The fraction of sp³-hybridized carbons (Fsp3) is 0.222. The number of hydrogen-bond acceptors (Lipinski definition) is 2. The Bertz CT molecular complexity index is 298. The van der Waals surface area contributed by atoms with Crippen LogP contribution in [-0.2, 0) is 4.79 Å². The van der Waals surface area contributed by atoms with Crippen LogP contribution >= 0.6 is 15.9 Å². The number of aliphatic carboxylic acids is 1. The van der Waals surface area contributed by atoms with Crippen molar-refractivity contribution in [2.24, 2.45) is 0 Å². The van der Waals surface area contributed by atoms with Gasteiger partial charge < -0.3 is 10.4 Å². The molecule has 0 aliphatic carbocycles. The van der Waals surface area contributed by atoms with Gasteiger partial charge in [-0.15, -0.1) is 0 Å². The number of nitrogens with one attached hydrogen (secondary N) is 1. The van der Waals surface area contributed by atoms with E-state index in [0.717, 1.165) is 5.69 Å². The summed E-state index contributed by atoms with van der Waals surface area (Å²) in [5.41, 5.74) is 0.768. The largest absolute Gasteiger partial charge is 0.479 e. The van der Waals surface area contributed by atoms with Crippen molar-refractivity contribution in [2.45, 2.75) is 11.4 Å². The molecule has 0 aliphatic heterocycles. The van der Waals surface area contributed by atoms with Crippen LogP contribution in [0.5, 0.6) is 0 Å². The van der Waals surface area contributed by atoms with E-state index in [1.807, 2.05) is 30.3 Å². The first-order valence-corrected chi connectivity index (χ1v) is 4.57. The van der Waals surface area contributed by atoms with Gasteiger partial charge in [0.2, 0.25) is 0 Å². The van der Waals surface area contributed by atoms with E-state index < -0.39 is 10.4 Å². The molecule has 0 heterocycles. The smallest absolute Gasteiger partial charge is 0.340 e. The third-order valence-electron chi connectivity index (χ3n) is 1.55. The minimum absolute atomic E-state index is 0.768. The van der Waals surface area contributed by atoms with Gasteiger partial charge in [-0.25, -0.2) is 4.79 Å². The summed E-state index contributed by atoms with van der Waals surface area (Å²) in [5, 5.41) is 11.6. The van der Waals surface area contributed by atoms with Crippen LogP contribution in [0.2, 0.25) is 0 Å². The molecule has 0 radical (unpaired) electrons. The Morgan fingerprint density at radius 1 is 1.46 bits per heavy atom. The van der Waals surface area contributed by atoms with Crippen LogP contribution in [0.1, 0.15) is 6.92 Å². The molecule has 0 saturated carbocycles. The van der Waals surface area contributed by atoms with Crippen molar-refractivity contribution in [3.8, 4) is 0 Å². The molecular weight excluding hydrogens is 234 g/mol. The first kappa shape index (κ1) is 10.1. The van der Waals surface area contributed by atoms with Crippen LogP contribution in [0.15, 0.2) is 30.3 Å². The quantitative estimate of drug-likeness (QED) is 0.633. The maximum atomic E-state index is 10.7. The van der Waals surface area contributed by atoms with Crippen molar-refractivity contribution >= 4 is 27.6 Å². The molecular formula is C9H10BrNO2. The van der Waals surface area contributed by atoms with Crippen LogP contribution in [0, 0.1) is 0 Å². The molecule has 13 heavy (non-hydrogen) atoms. The van der Waals surface area contributed by atoms with E-state index in [0.29, 0.717) is 0 Å². The van der Waals surface area contributed by atoms with E-state index in [4.69, 9.17) is 5.11 Å². The minimum atomic E-state index is -1.12. The number of para-hydroxylation sites is 1. The van der Waals surface area contributed by atoms with Gasteiger partial charge in [0.15, 0.2) is 4.45 Å². The van der Waals surface area contributed by atoms with Crippen LogP contribution in [0.25, 0.3) is 0 Å². The second-order valence-corrected chi connectivity index (χ2v) is 4.39. The van der Waals surface area contributed by atoms with E-state index in [1.54, 1.807) is 6.92 Å². The Morgan fingerprint density at radius 2 is 2.00 bits per heavy atom. The summed E-state index contributed by atoms with van der Waals surface area (Å²) in [5.74, 6) is -0.948. The van der Waals surface area contributed by atoms with Gasteiger partial charge in [0.05, 0.1) is 0 Å². The van der Waals surface area contributed by atoms with E-state index in [2.05, 4.69) is 21.2 Å². The van der Waals surface area contributed by atoms with Crippen LogP contribution < -0.4 is 5.32 Å². The summed E-state index contributed by atoms with van der Waals surface area (Å²) in [6.07, 6.45) is 0. The van der Waals surface area contributed by atoms with Crippen LogP contribution in [0.3, 0.4) is 0 Å². The van der Waals surface area contributed by atoms with Crippen LogP contribution in [0.4, 0.5) is 5.69 Å². The number of halogens is 1. The topological polar surface area (TPSA) is 49.3 Å². The number of hydrogen-bond donors (Lipinski definition) is 2. The molecule has 3 nitrogen and oxygen atoms in total. The molecule has 4 heteroatoms. The number of anilines is 1. The molecule has 0 unspecified atom stereocenters. The van der Waals surface area contributed by atoms with Crippen molar-refractivity contribution in [1.29, 1.82) is 0 Å². The number of carbonyl (C=O) groups is 1. The molecule has 1 aromatic carbocycles. The molecule has 0 saturated heterocycles. The zero-order chi connectivity index (χ0) is 9.90. The third-order valence-corrected chi connectivity index (χ3v) is 2.09. The molecule has 1 atom stereocenters. The van der Waals surface area contributed by atoms with E-state index in [1.165, 1.54) is 0 Å². The highest BCUT2D eigenvalue weighted by molar-refractivity contribution is 9.10. The van der Waals surface area contributed by atoms with Gasteiger partial charge in [0.1, 0.15) is 0 Å². The SMILES string of the molecule is C[C@](Br)(Nc1ccccc1)C(=O)O. The number of benzene rings is 1. The van der Waals surface area contributed by atoms with Gasteiger partial charge in [-0.2, -0.15) is 0 Å². The van der Waals surface area contributed by atoms with Gasteiger partial charge in [0, 0.05) is 5.69 Å². The number of alkyl halides is 1. The predicted octanol–water partition coefficient (Wildman–Crippen LogP) is 2.29. The summed E-state index contributed by atoms with van der Waals surface area (Å²) in [6.45, 7) is 1.54. The Hall–Kier alpha value is -1.03. The average molecular weight is 244 g/mol. The molecule has 1 aromatic rings. The lowest BCUT2D eigenvalue weighted by Gasteiger charge is -2.20.